The number of halogens is 1. The SMILES string of the molecule is C#C[C@]1(COC(=O)C(CC)(CC)CC=C)O[C@@H](n2cnc3c(N)nc(F)nc32)C[C@@H]1O. The highest BCUT2D eigenvalue weighted by Gasteiger charge is 2.50. The van der Waals surface area contributed by atoms with E-state index in [4.69, 9.17) is 21.6 Å². The minimum atomic E-state index is -1.57. The third kappa shape index (κ3) is 3.86. The molecule has 2 aromatic heterocycles. The molecule has 0 radical (unpaired) electrons. The molecule has 0 aliphatic carbocycles. The molecule has 10 heteroatoms. The predicted molar refractivity (Wildman–Crippen MR) is 111 cm³/mol. The quantitative estimate of drug-likeness (QED) is 0.282. The van der Waals surface area contributed by atoms with Gasteiger partial charge < -0.3 is 20.3 Å². The second kappa shape index (κ2) is 8.61. The first kappa shape index (κ1) is 22.7. The molecule has 1 saturated heterocycles. The van der Waals surface area contributed by atoms with Crippen molar-refractivity contribution in [1.29, 1.82) is 0 Å². The lowest BCUT2D eigenvalue weighted by atomic mass is 9.79. The van der Waals surface area contributed by atoms with Crippen LogP contribution in [0.2, 0.25) is 0 Å². The lowest BCUT2D eigenvalue weighted by molar-refractivity contribution is -0.168. The molecule has 166 valence electrons. The first-order valence-electron chi connectivity index (χ1n) is 10.0. The molecule has 0 bridgehead atoms. The second-order valence-corrected chi connectivity index (χ2v) is 7.62. The van der Waals surface area contributed by atoms with Crippen molar-refractivity contribution in [3.63, 3.8) is 0 Å². The number of aromatic nitrogens is 4. The van der Waals surface area contributed by atoms with Gasteiger partial charge >= 0.3 is 12.0 Å². The number of anilines is 1. The van der Waals surface area contributed by atoms with Crippen molar-refractivity contribution >= 4 is 23.0 Å². The highest BCUT2D eigenvalue weighted by atomic mass is 19.1. The summed E-state index contributed by atoms with van der Waals surface area (Å²) in [4.78, 5) is 24.1. The summed E-state index contributed by atoms with van der Waals surface area (Å²) in [7, 11) is 0. The molecule has 1 aliphatic rings. The molecule has 31 heavy (non-hydrogen) atoms. The van der Waals surface area contributed by atoms with E-state index in [1.54, 1.807) is 6.08 Å². The van der Waals surface area contributed by atoms with Gasteiger partial charge in [0.15, 0.2) is 22.6 Å². The smallest absolute Gasteiger partial charge is 0.312 e. The van der Waals surface area contributed by atoms with E-state index in [0.29, 0.717) is 19.3 Å². The Hall–Kier alpha value is -3.03. The minimum absolute atomic E-state index is 0.0537. The van der Waals surface area contributed by atoms with Crippen LogP contribution >= 0.6 is 0 Å². The summed E-state index contributed by atoms with van der Waals surface area (Å²) in [5, 5.41) is 10.7. The van der Waals surface area contributed by atoms with Crippen LogP contribution in [0.1, 0.15) is 45.8 Å². The number of nitrogens with zero attached hydrogens (tertiary/aromatic N) is 4. The van der Waals surface area contributed by atoms with Gasteiger partial charge in [0.25, 0.3) is 0 Å². The molecular weight excluding hydrogens is 405 g/mol. The molecule has 3 atom stereocenters. The molecule has 0 unspecified atom stereocenters. The van der Waals surface area contributed by atoms with Crippen molar-refractivity contribution in [1.82, 2.24) is 19.5 Å². The third-order valence-electron chi connectivity index (χ3n) is 6.02. The van der Waals surface area contributed by atoms with Gasteiger partial charge in [0, 0.05) is 6.42 Å². The molecule has 1 fully saturated rings. The fraction of sp³-hybridized carbons (Fsp3) is 0.524. The average molecular weight is 431 g/mol. The maximum absolute atomic E-state index is 13.7. The maximum Gasteiger partial charge on any atom is 0.312 e. The molecule has 2 aromatic rings. The van der Waals surface area contributed by atoms with Gasteiger partial charge in [0.05, 0.1) is 11.7 Å². The maximum atomic E-state index is 13.7. The van der Waals surface area contributed by atoms with Crippen molar-refractivity contribution in [2.24, 2.45) is 5.41 Å². The molecule has 0 saturated carbocycles. The lowest BCUT2D eigenvalue weighted by Crippen LogP contribution is -2.45. The van der Waals surface area contributed by atoms with Gasteiger partial charge in [-0.3, -0.25) is 9.36 Å². The number of nitrogen functional groups attached to an aromatic ring is 1. The number of terminal acetylenes is 1. The normalized spacial score (nSPS) is 23.6. The van der Waals surface area contributed by atoms with E-state index in [0.717, 1.165) is 0 Å². The van der Waals surface area contributed by atoms with E-state index in [1.807, 2.05) is 13.8 Å². The van der Waals surface area contributed by atoms with Crippen LogP contribution in [-0.4, -0.2) is 48.9 Å². The second-order valence-electron chi connectivity index (χ2n) is 7.62. The molecule has 3 rings (SSSR count). The zero-order valence-electron chi connectivity index (χ0n) is 17.5. The molecule has 0 spiro atoms. The van der Waals surface area contributed by atoms with Gasteiger partial charge in [-0.1, -0.05) is 25.8 Å². The molecule has 3 N–H and O–H groups in total. The number of rotatable bonds is 8. The first-order valence-corrected chi connectivity index (χ1v) is 10.0. The van der Waals surface area contributed by atoms with Crippen molar-refractivity contribution in [2.45, 2.75) is 57.5 Å². The Morgan fingerprint density at radius 1 is 1.58 bits per heavy atom. The summed E-state index contributed by atoms with van der Waals surface area (Å²) >= 11 is 0. The monoisotopic (exact) mass is 431 g/mol. The topological polar surface area (TPSA) is 125 Å². The lowest BCUT2D eigenvalue weighted by Gasteiger charge is -2.31. The Morgan fingerprint density at radius 3 is 2.90 bits per heavy atom. The number of imidazole rings is 1. The fourth-order valence-electron chi connectivity index (χ4n) is 3.86. The van der Waals surface area contributed by atoms with Crippen LogP contribution in [0.15, 0.2) is 19.0 Å². The van der Waals surface area contributed by atoms with E-state index < -0.39 is 35.4 Å². The number of allylic oxidation sites excluding steroid dienone is 1. The van der Waals surface area contributed by atoms with Gasteiger partial charge in [0.2, 0.25) is 0 Å². The van der Waals surface area contributed by atoms with Gasteiger partial charge in [-0.15, -0.1) is 13.0 Å². The zero-order valence-corrected chi connectivity index (χ0v) is 17.5. The molecule has 9 nitrogen and oxygen atoms in total. The van der Waals surface area contributed by atoms with Crippen LogP contribution < -0.4 is 5.73 Å². The van der Waals surface area contributed by atoms with Crippen molar-refractivity contribution in [3.8, 4) is 12.3 Å². The van der Waals surface area contributed by atoms with Crippen LogP contribution in [0.5, 0.6) is 0 Å². The molecular formula is C21H26FN5O4. The number of carbonyl (C=O) groups excluding carboxylic acids is 1. The minimum Gasteiger partial charge on any atom is -0.461 e. The standard InChI is InChI=1S/C21H26FN5O4/c1-5-9-20(6-2,7-3)18(29)30-11-21(8-4)13(28)10-14(31-21)27-12-24-15-16(23)25-19(22)26-17(15)27/h4-5,12-14,28H,1,6-7,9-11H2,2-3H3,(H2,23,25,26)/t13-,14+,21+/m0/s1. The first-order chi connectivity index (χ1) is 14.8. The summed E-state index contributed by atoms with van der Waals surface area (Å²) in [6, 6.07) is 0. The van der Waals surface area contributed by atoms with Crippen molar-refractivity contribution < 1.29 is 23.8 Å². The van der Waals surface area contributed by atoms with E-state index in [2.05, 4.69) is 27.5 Å². The molecule has 3 heterocycles. The number of esters is 1. The van der Waals surface area contributed by atoms with Crippen LogP contribution in [0.25, 0.3) is 11.2 Å². The predicted octanol–water partition coefficient (Wildman–Crippen LogP) is 2.13. The summed E-state index contributed by atoms with van der Waals surface area (Å²) < 4.78 is 26.6. The Balaban J connectivity index is 1.83. The summed E-state index contributed by atoms with van der Waals surface area (Å²) in [6.07, 6.45) is 7.38. The van der Waals surface area contributed by atoms with Crippen LogP contribution in [-0.2, 0) is 14.3 Å². The largest absolute Gasteiger partial charge is 0.461 e. The number of aliphatic hydroxyl groups excluding tert-OH is 1. The van der Waals surface area contributed by atoms with Gasteiger partial charge in [-0.2, -0.15) is 14.4 Å². The van der Waals surface area contributed by atoms with Crippen LogP contribution in [0.3, 0.4) is 0 Å². The van der Waals surface area contributed by atoms with E-state index in [9.17, 15) is 14.3 Å². The number of carbonyl (C=O) groups is 1. The van der Waals surface area contributed by atoms with Crippen LogP contribution in [0.4, 0.5) is 10.2 Å². The molecule has 0 amide bonds. The Bertz CT molecular complexity index is 1030. The number of hydrogen-bond acceptors (Lipinski definition) is 8. The van der Waals surface area contributed by atoms with E-state index >= 15 is 0 Å². The van der Waals surface area contributed by atoms with Crippen molar-refractivity contribution in [2.75, 3.05) is 12.3 Å². The van der Waals surface area contributed by atoms with E-state index in [-0.39, 0.29) is 30.0 Å². The van der Waals surface area contributed by atoms with Gasteiger partial charge in [-0.25, -0.2) is 4.98 Å². The summed E-state index contributed by atoms with van der Waals surface area (Å²) in [6.45, 7) is 7.19. The number of ether oxygens (including phenoxy) is 2. The fourth-order valence-corrected chi connectivity index (χ4v) is 3.86. The van der Waals surface area contributed by atoms with E-state index in [1.165, 1.54) is 10.9 Å². The third-order valence-corrected chi connectivity index (χ3v) is 6.02. The molecule has 0 aromatic carbocycles. The zero-order chi connectivity index (χ0) is 22.8. The Kier molecular flexibility index (Phi) is 6.29. The number of aliphatic hydroxyl groups is 1. The number of hydrogen-bond donors (Lipinski definition) is 2. The Morgan fingerprint density at radius 2 is 2.29 bits per heavy atom. The number of fused-ring (bicyclic) bond motifs is 1. The van der Waals surface area contributed by atoms with Gasteiger partial charge in [-0.05, 0) is 19.3 Å². The van der Waals surface area contributed by atoms with Crippen LogP contribution in [0, 0.1) is 23.8 Å². The highest BCUT2D eigenvalue weighted by molar-refractivity contribution is 5.81. The summed E-state index contributed by atoms with van der Waals surface area (Å²) in [5.41, 5.74) is 3.71. The summed E-state index contributed by atoms with van der Waals surface area (Å²) in [5.74, 6) is 1.89. The van der Waals surface area contributed by atoms with Crippen molar-refractivity contribution in [3.05, 3.63) is 25.1 Å². The molecule has 1 aliphatic heterocycles. The number of nitrogens with two attached hydrogens (primary N) is 1. The Labute approximate surface area is 179 Å². The van der Waals surface area contributed by atoms with Gasteiger partial charge in [0.1, 0.15) is 18.9 Å². The highest BCUT2D eigenvalue weighted by Crippen LogP contribution is 2.39. The average Bonchev–Trinajstić information content (AvgIpc) is 3.31.